The van der Waals surface area contributed by atoms with Crippen molar-refractivity contribution in [1.82, 2.24) is 14.1 Å². The normalized spacial score (nSPS) is 11.4. The van der Waals surface area contributed by atoms with Crippen LogP contribution in [0.15, 0.2) is 58.0 Å². The average Bonchev–Trinajstić information content (AvgIpc) is 3.39. The molecule has 0 aliphatic carbocycles. The summed E-state index contributed by atoms with van der Waals surface area (Å²) >= 11 is 0.0689. The molecular formula is C21H20FN3O5S. The minimum absolute atomic E-state index is 0.00259. The van der Waals surface area contributed by atoms with Gasteiger partial charge in [0.15, 0.2) is 18.2 Å². The third kappa shape index (κ3) is 4.88. The Balaban J connectivity index is 1.53. The molecule has 10 heteroatoms. The van der Waals surface area contributed by atoms with Gasteiger partial charge in [-0.15, -0.1) is 3.89 Å². The highest BCUT2D eigenvalue weighted by molar-refractivity contribution is 7.92. The van der Waals surface area contributed by atoms with Crippen LogP contribution in [-0.4, -0.2) is 45.6 Å². The Bertz CT molecular complexity index is 1200. The summed E-state index contributed by atoms with van der Waals surface area (Å²) in [5.41, 5.74) is 4.17. The van der Waals surface area contributed by atoms with Crippen LogP contribution in [-0.2, 0) is 16.1 Å². The van der Waals surface area contributed by atoms with Gasteiger partial charge in [0.25, 0.3) is 0 Å². The van der Waals surface area contributed by atoms with Crippen molar-refractivity contribution in [2.45, 2.75) is 6.61 Å². The van der Waals surface area contributed by atoms with E-state index in [1.165, 1.54) is 3.97 Å². The second-order valence-corrected chi connectivity index (χ2v) is 7.23. The number of halogens is 1. The minimum Gasteiger partial charge on any atom is -0.394 e. The van der Waals surface area contributed by atoms with Gasteiger partial charge in [0.05, 0.1) is 38.6 Å². The molecule has 2 heterocycles. The van der Waals surface area contributed by atoms with Gasteiger partial charge in [0, 0.05) is 17.1 Å². The van der Waals surface area contributed by atoms with Crippen LogP contribution < -0.4 is 5.76 Å². The number of aromatic amines is 1. The first-order chi connectivity index (χ1) is 15.2. The fourth-order valence-electron chi connectivity index (χ4n) is 3.24. The van der Waals surface area contributed by atoms with E-state index in [1.54, 1.807) is 6.20 Å². The maximum atomic E-state index is 13.4. The second kappa shape index (κ2) is 9.92. The molecule has 0 amide bonds. The van der Waals surface area contributed by atoms with Crippen LogP contribution >= 0.6 is 12.3 Å². The molecule has 2 aromatic carbocycles. The van der Waals surface area contributed by atoms with Gasteiger partial charge in [-0.1, -0.05) is 35.5 Å². The molecule has 2 N–H and O–H groups in total. The van der Waals surface area contributed by atoms with E-state index < -0.39 is 5.76 Å². The lowest BCUT2D eigenvalue weighted by Gasteiger charge is -2.07. The first-order valence-electron chi connectivity index (χ1n) is 9.56. The number of aliphatic hydroxyl groups is 1. The van der Waals surface area contributed by atoms with Crippen molar-refractivity contribution >= 4 is 23.2 Å². The molecule has 0 saturated heterocycles. The van der Waals surface area contributed by atoms with Crippen LogP contribution in [0.4, 0.5) is 3.89 Å². The van der Waals surface area contributed by atoms with Crippen molar-refractivity contribution in [2.75, 3.05) is 26.4 Å². The van der Waals surface area contributed by atoms with E-state index in [4.69, 9.17) is 14.6 Å². The number of aromatic nitrogens is 3. The number of benzene rings is 2. The number of aliphatic hydroxyl groups excluding tert-OH is 1. The number of rotatable bonds is 10. The minimum atomic E-state index is -0.669. The molecule has 0 spiro atoms. The Hall–Kier alpha value is -2.92. The van der Waals surface area contributed by atoms with Crippen LogP contribution in [0.25, 0.3) is 33.4 Å². The van der Waals surface area contributed by atoms with Crippen molar-refractivity contribution in [1.29, 1.82) is 0 Å². The summed E-state index contributed by atoms with van der Waals surface area (Å²) in [5.74, 6) is -0.423. The highest BCUT2D eigenvalue weighted by atomic mass is 32.2. The Morgan fingerprint density at radius 3 is 2.58 bits per heavy atom. The summed E-state index contributed by atoms with van der Waals surface area (Å²) in [7, 11) is 0. The third-order valence-corrected chi connectivity index (χ3v) is 5.15. The van der Waals surface area contributed by atoms with Crippen LogP contribution in [0.2, 0.25) is 0 Å². The Morgan fingerprint density at radius 2 is 1.87 bits per heavy atom. The van der Waals surface area contributed by atoms with Crippen LogP contribution in [0.5, 0.6) is 0 Å². The molecule has 0 unspecified atom stereocenters. The SMILES string of the molecule is O=c1[nH]c(-c2cn(SF)c3ccc(-c4ccc(COCCOCCO)cc4)cc23)no1. The van der Waals surface area contributed by atoms with Crippen molar-refractivity contribution in [3.63, 3.8) is 0 Å². The number of fused-ring (bicyclic) bond motifs is 1. The fraction of sp³-hybridized carbons (Fsp3) is 0.238. The summed E-state index contributed by atoms with van der Waals surface area (Å²) in [5, 5.41) is 13.1. The average molecular weight is 445 g/mol. The molecule has 4 aromatic rings. The van der Waals surface area contributed by atoms with E-state index in [2.05, 4.69) is 14.7 Å². The van der Waals surface area contributed by atoms with Crippen LogP contribution in [0.3, 0.4) is 0 Å². The number of nitrogens with zero attached hydrogens (tertiary/aromatic N) is 2. The van der Waals surface area contributed by atoms with E-state index in [0.29, 0.717) is 37.5 Å². The predicted octanol–water partition coefficient (Wildman–Crippen LogP) is 3.56. The van der Waals surface area contributed by atoms with E-state index in [1.807, 2.05) is 42.5 Å². The quantitative estimate of drug-likeness (QED) is 0.360. The van der Waals surface area contributed by atoms with Crippen molar-refractivity contribution in [3.8, 4) is 22.5 Å². The molecule has 0 bridgehead atoms. The predicted molar refractivity (Wildman–Crippen MR) is 115 cm³/mol. The largest absolute Gasteiger partial charge is 0.439 e. The van der Waals surface area contributed by atoms with Crippen LogP contribution in [0.1, 0.15) is 5.56 Å². The smallest absolute Gasteiger partial charge is 0.394 e. The lowest BCUT2D eigenvalue weighted by atomic mass is 10.0. The molecule has 8 nitrogen and oxygen atoms in total. The topological polar surface area (TPSA) is 103 Å². The van der Waals surface area contributed by atoms with Gasteiger partial charge in [-0.3, -0.25) is 13.5 Å². The number of H-pyrrole nitrogens is 1. The number of hydrogen-bond donors (Lipinski definition) is 2. The molecule has 0 aliphatic rings. The Kier molecular flexibility index (Phi) is 6.82. The Morgan fingerprint density at radius 1 is 1.10 bits per heavy atom. The summed E-state index contributed by atoms with van der Waals surface area (Å²) in [4.78, 5) is 13.8. The Labute approximate surface area is 181 Å². The molecular weight excluding hydrogens is 425 g/mol. The maximum absolute atomic E-state index is 13.4. The van der Waals surface area contributed by atoms with Gasteiger partial charge in [-0.2, -0.15) is 0 Å². The third-order valence-electron chi connectivity index (χ3n) is 4.70. The van der Waals surface area contributed by atoms with E-state index in [-0.39, 0.29) is 24.8 Å². The molecule has 4 rings (SSSR count). The molecule has 0 fully saturated rings. The van der Waals surface area contributed by atoms with Crippen molar-refractivity contribution < 1.29 is 23.0 Å². The summed E-state index contributed by atoms with van der Waals surface area (Å²) in [6.07, 6.45) is 1.57. The zero-order valence-electron chi connectivity index (χ0n) is 16.4. The summed E-state index contributed by atoms with van der Waals surface area (Å²) in [6, 6.07) is 13.6. The highest BCUT2D eigenvalue weighted by Crippen LogP contribution is 2.34. The van der Waals surface area contributed by atoms with E-state index in [9.17, 15) is 8.68 Å². The van der Waals surface area contributed by atoms with Crippen molar-refractivity contribution in [3.05, 3.63) is 64.8 Å². The van der Waals surface area contributed by atoms with Gasteiger partial charge >= 0.3 is 5.76 Å². The fourth-order valence-corrected chi connectivity index (χ4v) is 3.62. The first kappa shape index (κ1) is 21.3. The molecule has 0 atom stereocenters. The molecule has 0 radical (unpaired) electrons. The van der Waals surface area contributed by atoms with Gasteiger partial charge in [0.1, 0.15) is 0 Å². The monoisotopic (exact) mass is 445 g/mol. The van der Waals surface area contributed by atoms with Gasteiger partial charge < -0.3 is 14.6 Å². The summed E-state index contributed by atoms with van der Waals surface area (Å²) in [6.45, 7) is 1.67. The zero-order chi connectivity index (χ0) is 21.6. The van der Waals surface area contributed by atoms with Gasteiger partial charge in [-0.25, -0.2) is 4.79 Å². The lowest BCUT2D eigenvalue weighted by molar-refractivity contribution is 0.0274. The molecule has 0 aliphatic heterocycles. The van der Waals surface area contributed by atoms with Crippen LogP contribution in [0, 0.1) is 0 Å². The zero-order valence-corrected chi connectivity index (χ0v) is 17.2. The first-order valence-corrected chi connectivity index (χ1v) is 10.2. The lowest BCUT2D eigenvalue weighted by Crippen LogP contribution is -2.07. The van der Waals surface area contributed by atoms with Gasteiger partial charge in [-0.05, 0) is 28.8 Å². The van der Waals surface area contributed by atoms with Crippen molar-refractivity contribution in [2.24, 2.45) is 0 Å². The highest BCUT2D eigenvalue weighted by Gasteiger charge is 2.15. The number of ether oxygens (including phenoxy) is 2. The van der Waals surface area contributed by atoms with E-state index in [0.717, 1.165) is 22.1 Å². The molecule has 0 saturated carbocycles. The maximum Gasteiger partial charge on any atom is 0.439 e. The number of nitrogens with one attached hydrogen (secondary N) is 1. The molecule has 31 heavy (non-hydrogen) atoms. The standard InChI is InChI=1S/C21H20FN3O5S/c22-31-25-12-18(20-23-21(27)30-24-20)17-11-16(5-6-19(17)25)15-3-1-14(2-4-15)13-29-10-9-28-8-7-26/h1-6,11-12,26H,7-10,13H2,(H,23,24,27). The van der Waals surface area contributed by atoms with E-state index >= 15 is 0 Å². The second-order valence-electron chi connectivity index (χ2n) is 6.70. The number of hydrogen-bond acceptors (Lipinski definition) is 7. The molecule has 2 aromatic heterocycles. The summed E-state index contributed by atoms with van der Waals surface area (Å²) < 4.78 is 30.1. The van der Waals surface area contributed by atoms with Gasteiger partial charge in [0.2, 0.25) is 0 Å². The molecule has 162 valence electrons.